The van der Waals surface area contributed by atoms with Crippen LogP contribution < -0.4 is 0 Å². The fraction of sp³-hybridized carbons (Fsp3) is 0.417. The lowest BCUT2D eigenvalue weighted by molar-refractivity contribution is 0.0981. The van der Waals surface area contributed by atoms with Crippen LogP contribution in [0.15, 0.2) is 28.7 Å². The smallest absolute Gasteiger partial charge is 0.180 e. The van der Waals surface area contributed by atoms with Crippen LogP contribution in [0.2, 0.25) is 0 Å². The topological polar surface area (TPSA) is 51.2 Å². The van der Waals surface area contributed by atoms with Crippen LogP contribution in [0.3, 0.4) is 0 Å². The molecule has 92 valence electrons. The first-order chi connectivity index (χ1) is 8.00. The Balaban J connectivity index is 2.28. The minimum Gasteiger partial charge on any atom is -0.293 e. The van der Waals surface area contributed by atoms with E-state index >= 15 is 0 Å². The molecule has 1 aromatic carbocycles. The number of benzene rings is 1. The molecule has 0 radical (unpaired) electrons. The normalized spacial score (nSPS) is 23.2. The first-order valence-corrected chi connectivity index (χ1v) is 8.03. The van der Waals surface area contributed by atoms with Gasteiger partial charge < -0.3 is 0 Å². The molecule has 1 heterocycles. The highest BCUT2D eigenvalue weighted by molar-refractivity contribution is 9.10. The number of hydrogen-bond donors (Lipinski definition) is 0. The molecule has 5 heteroatoms. The SMILES string of the molecule is O=C(c1ccc(Br)cc1)C1CCCCS1(=O)=O. The van der Waals surface area contributed by atoms with Crippen LogP contribution in [0.4, 0.5) is 0 Å². The third-order valence-corrected chi connectivity index (χ3v) is 5.70. The zero-order chi connectivity index (χ0) is 12.5. The quantitative estimate of drug-likeness (QED) is 0.788. The lowest BCUT2D eigenvalue weighted by Crippen LogP contribution is -2.35. The molecule has 1 aliphatic rings. The summed E-state index contributed by atoms with van der Waals surface area (Å²) in [5, 5.41) is -0.836. The summed E-state index contributed by atoms with van der Waals surface area (Å²) in [6.45, 7) is 0. The lowest BCUT2D eigenvalue weighted by Gasteiger charge is -2.20. The van der Waals surface area contributed by atoms with Gasteiger partial charge in [-0.2, -0.15) is 0 Å². The molecule has 0 bridgehead atoms. The number of rotatable bonds is 2. The molecule has 0 amide bonds. The van der Waals surface area contributed by atoms with Gasteiger partial charge in [-0.15, -0.1) is 0 Å². The zero-order valence-electron chi connectivity index (χ0n) is 9.23. The first-order valence-electron chi connectivity index (χ1n) is 5.52. The Hall–Kier alpha value is -0.680. The Morgan fingerprint density at radius 1 is 1.18 bits per heavy atom. The minimum absolute atomic E-state index is 0.139. The highest BCUT2D eigenvalue weighted by Crippen LogP contribution is 2.23. The van der Waals surface area contributed by atoms with Crippen molar-refractivity contribution >= 4 is 31.6 Å². The highest BCUT2D eigenvalue weighted by atomic mass is 79.9. The number of carbonyl (C=O) groups is 1. The van der Waals surface area contributed by atoms with Crippen molar-refractivity contribution in [2.24, 2.45) is 0 Å². The van der Waals surface area contributed by atoms with Gasteiger partial charge in [0.25, 0.3) is 0 Å². The van der Waals surface area contributed by atoms with Crippen LogP contribution in [0.1, 0.15) is 29.6 Å². The Labute approximate surface area is 109 Å². The van der Waals surface area contributed by atoms with Crippen molar-refractivity contribution in [1.82, 2.24) is 0 Å². The molecule has 1 atom stereocenters. The lowest BCUT2D eigenvalue weighted by atomic mass is 10.0. The van der Waals surface area contributed by atoms with Crippen LogP contribution in [0, 0.1) is 0 Å². The third kappa shape index (κ3) is 2.77. The van der Waals surface area contributed by atoms with Crippen LogP contribution >= 0.6 is 15.9 Å². The number of Topliss-reactive ketones (excluding diaryl/α,β-unsaturated/α-hetero) is 1. The molecule has 2 rings (SSSR count). The second-order valence-corrected chi connectivity index (χ2v) is 7.44. The van der Waals surface area contributed by atoms with Gasteiger partial charge in [0.2, 0.25) is 0 Å². The second kappa shape index (κ2) is 4.90. The summed E-state index contributed by atoms with van der Waals surface area (Å²) in [4.78, 5) is 12.1. The van der Waals surface area contributed by atoms with Gasteiger partial charge in [0, 0.05) is 10.0 Å². The van der Waals surface area contributed by atoms with Gasteiger partial charge in [-0.1, -0.05) is 34.5 Å². The molecule has 1 fully saturated rings. The maximum atomic E-state index is 12.1. The number of carbonyl (C=O) groups excluding carboxylic acids is 1. The van der Waals surface area contributed by atoms with Crippen molar-refractivity contribution in [2.75, 3.05) is 5.75 Å². The Morgan fingerprint density at radius 3 is 2.41 bits per heavy atom. The van der Waals surface area contributed by atoms with Crippen molar-refractivity contribution in [3.8, 4) is 0 Å². The molecule has 3 nitrogen and oxygen atoms in total. The predicted molar refractivity (Wildman–Crippen MR) is 69.9 cm³/mol. The van der Waals surface area contributed by atoms with Crippen molar-refractivity contribution in [1.29, 1.82) is 0 Å². The Morgan fingerprint density at radius 2 is 1.82 bits per heavy atom. The number of halogens is 1. The molecule has 0 saturated carbocycles. The molecule has 1 aliphatic heterocycles. The van der Waals surface area contributed by atoms with Gasteiger partial charge in [0.05, 0.1) is 5.75 Å². The summed E-state index contributed by atoms with van der Waals surface area (Å²) in [6.07, 6.45) is 1.94. The Kier molecular flexibility index (Phi) is 3.68. The van der Waals surface area contributed by atoms with Crippen LogP contribution in [-0.2, 0) is 9.84 Å². The zero-order valence-corrected chi connectivity index (χ0v) is 11.6. The maximum absolute atomic E-state index is 12.1. The van der Waals surface area contributed by atoms with E-state index in [1.165, 1.54) is 0 Å². The molecule has 17 heavy (non-hydrogen) atoms. The second-order valence-electron chi connectivity index (χ2n) is 4.22. The van der Waals surface area contributed by atoms with E-state index in [4.69, 9.17) is 0 Å². The van der Waals surface area contributed by atoms with Crippen LogP contribution in [0.25, 0.3) is 0 Å². The number of sulfone groups is 1. The van der Waals surface area contributed by atoms with Crippen molar-refractivity contribution < 1.29 is 13.2 Å². The van der Waals surface area contributed by atoms with E-state index in [1.54, 1.807) is 24.3 Å². The summed E-state index contributed by atoms with van der Waals surface area (Å²) < 4.78 is 24.5. The molecule has 1 unspecified atom stereocenters. The van der Waals surface area contributed by atoms with Gasteiger partial charge in [0.15, 0.2) is 15.6 Å². The van der Waals surface area contributed by atoms with Crippen LogP contribution in [0.5, 0.6) is 0 Å². The largest absolute Gasteiger partial charge is 0.293 e. The standard InChI is InChI=1S/C12H13BrO3S/c13-10-6-4-9(5-7-10)12(14)11-3-1-2-8-17(11,15)16/h4-7,11H,1-3,8H2. The fourth-order valence-corrected chi connectivity index (χ4v) is 4.19. The van der Waals surface area contributed by atoms with Gasteiger partial charge >= 0.3 is 0 Å². The average molecular weight is 317 g/mol. The average Bonchev–Trinajstić information content (AvgIpc) is 2.28. The molecule has 0 aromatic heterocycles. The van der Waals surface area contributed by atoms with E-state index in [0.29, 0.717) is 18.4 Å². The van der Waals surface area contributed by atoms with Gasteiger partial charge in [-0.25, -0.2) is 8.42 Å². The van der Waals surface area contributed by atoms with E-state index in [1.807, 2.05) is 0 Å². The highest BCUT2D eigenvalue weighted by Gasteiger charge is 2.35. The first kappa shape index (κ1) is 12.8. The molecule has 1 aromatic rings. The minimum atomic E-state index is -3.24. The van der Waals surface area contributed by atoms with E-state index in [0.717, 1.165) is 10.9 Å². The van der Waals surface area contributed by atoms with E-state index in [2.05, 4.69) is 15.9 Å². The van der Waals surface area contributed by atoms with Gasteiger partial charge in [0.1, 0.15) is 5.25 Å². The van der Waals surface area contributed by atoms with E-state index in [9.17, 15) is 13.2 Å². The fourth-order valence-electron chi connectivity index (χ4n) is 2.05. The van der Waals surface area contributed by atoms with Crippen molar-refractivity contribution in [3.05, 3.63) is 34.3 Å². The third-order valence-electron chi connectivity index (χ3n) is 3.00. The van der Waals surface area contributed by atoms with E-state index in [-0.39, 0.29) is 11.5 Å². The Bertz CT molecular complexity index is 519. The molecule has 0 spiro atoms. The summed E-state index contributed by atoms with van der Waals surface area (Å²) >= 11 is 3.28. The predicted octanol–water partition coefficient (Wildman–Crippen LogP) is 2.60. The van der Waals surface area contributed by atoms with E-state index < -0.39 is 15.1 Å². The molecular weight excluding hydrogens is 304 g/mol. The summed E-state index contributed by atoms with van der Waals surface area (Å²) in [7, 11) is -3.24. The summed E-state index contributed by atoms with van der Waals surface area (Å²) in [5.41, 5.74) is 0.476. The van der Waals surface area contributed by atoms with Crippen molar-refractivity contribution in [3.63, 3.8) is 0 Å². The van der Waals surface area contributed by atoms with Gasteiger partial charge in [-0.05, 0) is 25.0 Å². The molecule has 0 N–H and O–H groups in total. The van der Waals surface area contributed by atoms with Crippen LogP contribution in [-0.4, -0.2) is 25.2 Å². The molecule has 0 aliphatic carbocycles. The summed E-state index contributed by atoms with van der Waals surface area (Å²) in [6, 6.07) is 6.83. The van der Waals surface area contributed by atoms with Crippen molar-refractivity contribution in [2.45, 2.75) is 24.5 Å². The molecule has 1 saturated heterocycles. The molecular formula is C12H13BrO3S. The monoisotopic (exact) mass is 316 g/mol. The maximum Gasteiger partial charge on any atom is 0.180 e. The van der Waals surface area contributed by atoms with Gasteiger partial charge in [-0.3, -0.25) is 4.79 Å². The number of ketones is 1. The number of hydrogen-bond acceptors (Lipinski definition) is 3. The summed E-state index contributed by atoms with van der Waals surface area (Å²) in [5.74, 6) is -0.128.